The molecule has 2 atom stereocenters. The van der Waals surface area contributed by atoms with Crippen molar-refractivity contribution in [2.24, 2.45) is 5.73 Å². The number of amides is 1. The lowest BCUT2D eigenvalue weighted by molar-refractivity contribution is -0.135. The van der Waals surface area contributed by atoms with Crippen LogP contribution in [0.15, 0.2) is 0 Å². The predicted octanol–water partition coefficient (Wildman–Crippen LogP) is 2.25. The quantitative estimate of drug-likeness (QED) is 0.893. The number of aromatic nitrogens is 3. The predicted molar refractivity (Wildman–Crippen MR) is 94.0 cm³/mol. The lowest BCUT2D eigenvalue weighted by Gasteiger charge is -2.36. The summed E-state index contributed by atoms with van der Waals surface area (Å²) in [5, 5.41) is 8.76. The third kappa shape index (κ3) is 4.37. The van der Waals surface area contributed by atoms with Gasteiger partial charge in [-0.1, -0.05) is 0 Å². The minimum Gasteiger partial charge on any atom is -0.332 e. The summed E-state index contributed by atoms with van der Waals surface area (Å²) in [4.78, 5) is 14.5. The van der Waals surface area contributed by atoms with Gasteiger partial charge in [-0.25, -0.2) is 0 Å². The molecule has 0 radical (unpaired) electrons. The Morgan fingerprint density at radius 1 is 1.22 bits per heavy atom. The summed E-state index contributed by atoms with van der Waals surface area (Å²) in [6.07, 6.45) is 7.00. The van der Waals surface area contributed by atoms with E-state index in [1.165, 1.54) is 12.8 Å². The number of carbonyl (C=O) groups is 1. The van der Waals surface area contributed by atoms with Crippen molar-refractivity contribution in [2.75, 3.05) is 6.54 Å². The Morgan fingerprint density at radius 3 is 2.70 bits per heavy atom. The first-order valence-electron chi connectivity index (χ1n) is 8.14. The molecule has 2 unspecified atom stereocenters. The van der Waals surface area contributed by atoms with Crippen molar-refractivity contribution in [3.8, 4) is 0 Å². The van der Waals surface area contributed by atoms with Gasteiger partial charge in [-0.2, -0.15) is 0 Å². The van der Waals surface area contributed by atoms with Crippen LogP contribution in [0.25, 0.3) is 0 Å². The van der Waals surface area contributed by atoms with Crippen LogP contribution in [-0.2, 0) is 17.8 Å². The molecule has 1 aromatic rings. The third-order valence-electron chi connectivity index (χ3n) is 4.51. The summed E-state index contributed by atoms with van der Waals surface area (Å²) in [6, 6.07) is -0.00302. The van der Waals surface area contributed by atoms with Crippen LogP contribution < -0.4 is 5.73 Å². The first-order valence-corrected chi connectivity index (χ1v) is 8.14. The molecule has 2 aliphatic rings. The fraction of sp³-hybridized carbons (Fsp3) is 0.800. The Bertz CT molecular complexity index is 520. The minimum atomic E-state index is -0.0904. The van der Waals surface area contributed by atoms with Crippen LogP contribution in [0, 0.1) is 0 Å². The van der Waals surface area contributed by atoms with Crippen LogP contribution >= 0.6 is 24.8 Å². The molecule has 8 heteroatoms. The number of rotatable bonds is 3. The molecule has 3 rings (SSSR count). The maximum Gasteiger partial charge on any atom is 0.224 e. The Kier molecular flexibility index (Phi) is 7.77. The van der Waals surface area contributed by atoms with Gasteiger partial charge in [0.2, 0.25) is 5.91 Å². The first kappa shape index (κ1) is 20.2. The van der Waals surface area contributed by atoms with Crippen LogP contribution in [0.4, 0.5) is 0 Å². The van der Waals surface area contributed by atoms with Crippen molar-refractivity contribution in [1.29, 1.82) is 0 Å². The molecule has 0 spiro atoms. The van der Waals surface area contributed by atoms with Crippen molar-refractivity contribution in [3.63, 3.8) is 0 Å². The zero-order chi connectivity index (χ0) is 14.8. The fourth-order valence-corrected chi connectivity index (χ4v) is 3.47. The molecule has 6 nitrogen and oxygen atoms in total. The van der Waals surface area contributed by atoms with Gasteiger partial charge >= 0.3 is 0 Å². The van der Waals surface area contributed by atoms with Gasteiger partial charge in [0.25, 0.3) is 0 Å². The van der Waals surface area contributed by atoms with Gasteiger partial charge in [0.15, 0.2) is 5.82 Å². The summed E-state index contributed by atoms with van der Waals surface area (Å²) in [7, 11) is 0. The average molecular weight is 364 g/mol. The molecule has 0 aromatic carbocycles. The van der Waals surface area contributed by atoms with E-state index >= 15 is 0 Å². The fourth-order valence-electron chi connectivity index (χ4n) is 3.47. The SMILES string of the molecule is CC(N)CC(=O)N1CCCCC1c1nnc2n1CCCC2.Cl.Cl. The van der Waals surface area contributed by atoms with Crippen molar-refractivity contribution in [2.45, 2.75) is 70.5 Å². The first-order chi connectivity index (χ1) is 10.2. The molecule has 1 aromatic heterocycles. The van der Waals surface area contributed by atoms with Gasteiger partial charge in [0.1, 0.15) is 5.82 Å². The Morgan fingerprint density at radius 2 is 1.96 bits per heavy atom. The molecular weight excluding hydrogens is 337 g/mol. The second kappa shape index (κ2) is 8.85. The number of hydrogen-bond donors (Lipinski definition) is 1. The number of carbonyl (C=O) groups excluding carboxylic acids is 1. The lowest BCUT2D eigenvalue weighted by atomic mass is 10.00. The molecule has 2 aliphatic heterocycles. The lowest BCUT2D eigenvalue weighted by Crippen LogP contribution is -2.41. The van der Waals surface area contributed by atoms with E-state index in [4.69, 9.17) is 5.73 Å². The smallest absolute Gasteiger partial charge is 0.224 e. The number of aryl methyl sites for hydroxylation is 1. The zero-order valence-corrected chi connectivity index (χ0v) is 15.2. The normalized spacial score (nSPS) is 21.7. The number of fused-ring (bicyclic) bond motifs is 1. The molecule has 1 fully saturated rings. The number of nitrogens with two attached hydrogens (primary N) is 1. The van der Waals surface area contributed by atoms with Crippen LogP contribution in [0.1, 0.15) is 63.1 Å². The Hall–Kier alpha value is -0.850. The van der Waals surface area contributed by atoms with Crippen molar-refractivity contribution < 1.29 is 4.79 Å². The summed E-state index contributed by atoms with van der Waals surface area (Å²) in [6.45, 7) is 3.69. The number of hydrogen-bond acceptors (Lipinski definition) is 4. The molecule has 0 aliphatic carbocycles. The summed E-state index contributed by atoms with van der Waals surface area (Å²) >= 11 is 0. The number of piperidine rings is 1. The topological polar surface area (TPSA) is 77.0 Å². The summed E-state index contributed by atoms with van der Waals surface area (Å²) in [5.41, 5.74) is 5.79. The van der Waals surface area contributed by atoms with Crippen LogP contribution in [0.3, 0.4) is 0 Å². The van der Waals surface area contributed by atoms with Crippen molar-refractivity contribution in [3.05, 3.63) is 11.6 Å². The highest BCUT2D eigenvalue weighted by Gasteiger charge is 2.32. The van der Waals surface area contributed by atoms with Crippen molar-refractivity contribution >= 4 is 30.7 Å². The van der Waals surface area contributed by atoms with Gasteiger partial charge in [-0.05, 0) is 39.0 Å². The van der Waals surface area contributed by atoms with E-state index in [1.54, 1.807) is 0 Å². The van der Waals surface area contributed by atoms with Gasteiger partial charge in [-0.15, -0.1) is 35.0 Å². The largest absolute Gasteiger partial charge is 0.332 e. The van der Waals surface area contributed by atoms with Crippen molar-refractivity contribution in [1.82, 2.24) is 19.7 Å². The molecule has 132 valence electrons. The highest BCUT2D eigenvalue weighted by molar-refractivity contribution is 5.85. The second-order valence-corrected chi connectivity index (χ2v) is 6.36. The maximum absolute atomic E-state index is 12.5. The third-order valence-corrected chi connectivity index (χ3v) is 4.51. The summed E-state index contributed by atoms with van der Waals surface area (Å²) in [5.74, 6) is 2.23. The monoisotopic (exact) mass is 363 g/mol. The van der Waals surface area contributed by atoms with E-state index in [-0.39, 0.29) is 42.8 Å². The Labute approximate surface area is 150 Å². The number of nitrogens with zero attached hydrogens (tertiary/aromatic N) is 4. The van der Waals surface area contributed by atoms with Crippen LogP contribution in [-0.4, -0.2) is 38.2 Å². The molecule has 2 N–H and O–H groups in total. The molecule has 0 saturated carbocycles. The second-order valence-electron chi connectivity index (χ2n) is 6.36. The molecule has 3 heterocycles. The minimum absolute atomic E-state index is 0. The standard InChI is InChI=1S/C15H25N5O.2ClH/c1-11(16)10-14(21)19-8-4-2-6-12(19)15-18-17-13-7-3-5-9-20(13)15;;/h11-12H,2-10,16H2,1H3;2*1H. The molecule has 0 bridgehead atoms. The number of likely N-dealkylation sites (tertiary alicyclic amines) is 1. The molecule has 23 heavy (non-hydrogen) atoms. The van der Waals surface area contributed by atoms with E-state index in [0.717, 1.165) is 50.4 Å². The average Bonchev–Trinajstić information content (AvgIpc) is 2.90. The maximum atomic E-state index is 12.5. The van der Waals surface area contributed by atoms with Gasteiger partial charge in [-0.3, -0.25) is 4.79 Å². The van der Waals surface area contributed by atoms with Gasteiger partial charge in [0, 0.05) is 32.0 Å². The van der Waals surface area contributed by atoms with E-state index in [1.807, 2.05) is 11.8 Å². The highest BCUT2D eigenvalue weighted by Crippen LogP contribution is 2.32. The zero-order valence-electron chi connectivity index (χ0n) is 13.6. The van der Waals surface area contributed by atoms with Gasteiger partial charge < -0.3 is 15.2 Å². The van der Waals surface area contributed by atoms with Crippen LogP contribution in [0.5, 0.6) is 0 Å². The van der Waals surface area contributed by atoms with E-state index in [9.17, 15) is 4.79 Å². The van der Waals surface area contributed by atoms with E-state index < -0.39 is 0 Å². The highest BCUT2D eigenvalue weighted by atomic mass is 35.5. The molecule has 1 amide bonds. The van der Waals surface area contributed by atoms with E-state index in [0.29, 0.717) is 6.42 Å². The number of halogens is 2. The molecular formula is C15H27Cl2N5O. The Balaban J connectivity index is 0.00000132. The van der Waals surface area contributed by atoms with Crippen LogP contribution in [0.2, 0.25) is 0 Å². The van der Waals surface area contributed by atoms with E-state index in [2.05, 4.69) is 14.8 Å². The van der Waals surface area contributed by atoms with Gasteiger partial charge in [0.05, 0.1) is 6.04 Å². The molecule has 1 saturated heterocycles. The summed E-state index contributed by atoms with van der Waals surface area (Å²) < 4.78 is 2.24.